The molecular formula is C15H19NO4. The van der Waals surface area contributed by atoms with Crippen molar-refractivity contribution in [2.75, 3.05) is 19.7 Å². The van der Waals surface area contributed by atoms with Crippen LogP contribution in [0.25, 0.3) is 0 Å². The normalized spacial score (nSPS) is 18.6. The lowest BCUT2D eigenvalue weighted by Crippen LogP contribution is -2.44. The average Bonchev–Trinajstić information content (AvgIpc) is 2.46. The minimum atomic E-state index is -0.831. The first-order chi connectivity index (χ1) is 9.58. The molecule has 0 bridgehead atoms. The monoisotopic (exact) mass is 277 g/mol. The van der Waals surface area contributed by atoms with Gasteiger partial charge in [-0.15, -0.1) is 0 Å². The van der Waals surface area contributed by atoms with E-state index in [1.54, 1.807) is 4.90 Å². The van der Waals surface area contributed by atoms with Gasteiger partial charge >= 0.3 is 5.97 Å². The molecule has 0 aromatic heterocycles. The number of carbonyl (C=O) groups is 2. The summed E-state index contributed by atoms with van der Waals surface area (Å²) in [5.74, 6) is -0.750. The van der Waals surface area contributed by atoms with Gasteiger partial charge in [0.25, 0.3) is 5.91 Å². The van der Waals surface area contributed by atoms with Gasteiger partial charge in [-0.05, 0) is 31.4 Å². The van der Waals surface area contributed by atoms with Gasteiger partial charge in [0.2, 0.25) is 0 Å². The molecule has 0 spiro atoms. The van der Waals surface area contributed by atoms with Gasteiger partial charge in [-0.1, -0.05) is 18.2 Å². The number of carboxylic acids is 1. The summed E-state index contributed by atoms with van der Waals surface area (Å²) in [7, 11) is 0. The Morgan fingerprint density at radius 2 is 2.15 bits per heavy atom. The molecule has 0 radical (unpaired) electrons. The third-order valence-corrected chi connectivity index (χ3v) is 3.57. The minimum Gasteiger partial charge on any atom is -0.484 e. The molecule has 1 saturated heterocycles. The van der Waals surface area contributed by atoms with Crippen LogP contribution < -0.4 is 4.74 Å². The third-order valence-electron chi connectivity index (χ3n) is 3.57. The van der Waals surface area contributed by atoms with Crippen LogP contribution >= 0.6 is 0 Å². The van der Waals surface area contributed by atoms with Crippen LogP contribution in [0.1, 0.15) is 18.4 Å². The van der Waals surface area contributed by atoms with Crippen LogP contribution in [-0.4, -0.2) is 41.6 Å². The van der Waals surface area contributed by atoms with E-state index in [1.807, 2.05) is 31.2 Å². The number of likely N-dealkylation sites (tertiary alicyclic amines) is 1. The smallest absolute Gasteiger partial charge is 0.308 e. The van der Waals surface area contributed by atoms with Gasteiger partial charge in [0, 0.05) is 13.1 Å². The largest absolute Gasteiger partial charge is 0.484 e. The summed E-state index contributed by atoms with van der Waals surface area (Å²) in [6, 6.07) is 7.50. The highest BCUT2D eigenvalue weighted by Gasteiger charge is 2.28. The maximum absolute atomic E-state index is 12.1. The third kappa shape index (κ3) is 3.50. The molecule has 0 aliphatic carbocycles. The number of aryl methyl sites for hydroxylation is 1. The zero-order valence-corrected chi connectivity index (χ0v) is 11.5. The van der Waals surface area contributed by atoms with Crippen LogP contribution in [0.5, 0.6) is 5.75 Å². The van der Waals surface area contributed by atoms with Crippen molar-refractivity contribution in [3.05, 3.63) is 29.8 Å². The van der Waals surface area contributed by atoms with Crippen molar-refractivity contribution in [1.29, 1.82) is 0 Å². The fourth-order valence-corrected chi connectivity index (χ4v) is 2.35. The summed E-state index contributed by atoms with van der Waals surface area (Å²) >= 11 is 0. The molecule has 1 amide bonds. The van der Waals surface area contributed by atoms with Crippen LogP contribution in [0.15, 0.2) is 24.3 Å². The number of hydrogen-bond donors (Lipinski definition) is 1. The van der Waals surface area contributed by atoms with Crippen molar-refractivity contribution >= 4 is 11.9 Å². The number of para-hydroxylation sites is 1. The highest BCUT2D eigenvalue weighted by Crippen LogP contribution is 2.18. The van der Waals surface area contributed by atoms with Gasteiger partial charge in [-0.3, -0.25) is 9.59 Å². The molecule has 1 N–H and O–H groups in total. The molecular weight excluding hydrogens is 258 g/mol. The number of aliphatic carboxylic acids is 1. The van der Waals surface area contributed by atoms with E-state index >= 15 is 0 Å². The molecule has 1 fully saturated rings. The number of hydrogen-bond acceptors (Lipinski definition) is 3. The Kier molecular flexibility index (Phi) is 4.61. The standard InChI is InChI=1S/C15H19NO4/c1-11-5-2-3-7-13(11)20-10-14(17)16-8-4-6-12(9-16)15(18)19/h2-3,5,7,12H,4,6,8-10H2,1H3,(H,18,19)/t12-/m1/s1. The maximum Gasteiger partial charge on any atom is 0.308 e. The first-order valence-electron chi connectivity index (χ1n) is 6.77. The maximum atomic E-state index is 12.1. The quantitative estimate of drug-likeness (QED) is 0.909. The van der Waals surface area contributed by atoms with Crippen molar-refractivity contribution in [3.8, 4) is 5.75 Å². The number of carbonyl (C=O) groups excluding carboxylic acids is 1. The van der Waals surface area contributed by atoms with Crippen LogP contribution in [0, 0.1) is 12.8 Å². The number of rotatable bonds is 4. The number of nitrogens with zero attached hydrogens (tertiary/aromatic N) is 1. The second-order valence-electron chi connectivity index (χ2n) is 5.07. The number of benzene rings is 1. The summed E-state index contributed by atoms with van der Waals surface area (Å²) < 4.78 is 5.51. The molecule has 20 heavy (non-hydrogen) atoms. The van der Waals surface area contributed by atoms with Gasteiger partial charge in [0.05, 0.1) is 5.92 Å². The van der Waals surface area contributed by atoms with E-state index in [4.69, 9.17) is 9.84 Å². The molecule has 1 aromatic carbocycles. The summed E-state index contributed by atoms with van der Waals surface area (Å²) in [6.45, 7) is 2.77. The Morgan fingerprint density at radius 3 is 2.85 bits per heavy atom. The molecule has 0 unspecified atom stereocenters. The Hall–Kier alpha value is -2.04. The lowest BCUT2D eigenvalue weighted by molar-refractivity contribution is -0.146. The van der Waals surface area contributed by atoms with E-state index < -0.39 is 11.9 Å². The molecule has 5 heteroatoms. The molecule has 2 rings (SSSR count). The summed E-state index contributed by atoms with van der Waals surface area (Å²) in [6.07, 6.45) is 1.37. The molecule has 108 valence electrons. The lowest BCUT2D eigenvalue weighted by Gasteiger charge is -2.30. The fraction of sp³-hybridized carbons (Fsp3) is 0.467. The Balaban J connectivity index is 1.89. The number of amides is 1. The summed E-state index contributed by atoms with van der Waals surface area (Å²) in [5, 5.41) is 9.01. The number of ether oxygens (including phenoxy) is 1. The predicted octanol–water partition coefficient (Wildman–Crippen LogP) is 1.70. The van der Waals surface area contributed by atoms with E-state index in [0.717, 1.165) is 12.0 Å². The minimum absolute atomic E-state index is 0.0445. The van der Waals surface area contributed by atoms with Crippen molar-refractivity contribution in [2.45, 2.75) is 19.8 Å². The highest BCUT2D eigenvalue weighted by molar-refractivity contribution is 5.79. The van der Waals surface area contributed by atoms with E-state index in [1.165, 1.54) is 0 Å². The van der Waals surface area contributed by atoms with Gasteiger partial charge in [-0.25, -0.2) is 0 Å². The summed E-state index contributed by atoms with van der Waals surface area (Å²) in [4.78, 5) is 24.6. The molecule has 1 aromatic rings. The van der Waals surface area contributed by atoms with E-state index in [-0.39, 0.29) is 19.1 Å². The van der Waals surface area contributed by atoms with Crippen LogP contribution in [-0.2, 0) is 9.59 Å². The van der Waals surface area contributed by atoms with Crippen molar-refractivity contribution in [3.63, 3.8) is 0 Å². The molecule has 0 saturated carbocycles. The molecule has 1 heterocycles. The van der Waals surface area contributed by atoms with Gasteiger partial charge < -0.3 is 14.7 Å². The van der Waals surface area contributed by atoms with Crippen LogP contribution in [0.2, 0.25) is 0 Å². The SMILES string of the molecule is Cc1ccccc1OCC(=O)N1CCC[C@@H](C(=O)O)C1. The van der Waals surface area contributed by atoms with Crippen LogP contribution in [0.4, 0.5) is 0 Å². The van der Waals surface area contributed by atoms with Crippen molar-refractivity contribution in [1.82, 2.24) is 4.90 Å². The van der Waals surface area contributed by atoms with E-state index in [0.29, 0.717) is 18.7 Å². The first kappa shape index (κ1) is 14.4. The zero-order valence-electron chi connectivity index (χ0n) is 11.5. The van der Waals surface area contributed by atoms with Crippen molar-refractivity contribution < 1.29 is 19.4 Å². The highest BCUT2D eigenvalue weighted by atomic mass is 16.5. The average molecular weight is 277 g/mol. The predicted molar refractivity (Wildman–Crippen MR) is 73.6 cm³/mol. The van der Waals surface area contributed by atoms with Gasteiger partial charge in [0.1, 0.15) is 5.75 Å². The Morgan fingerprint density at radius 1 is 1.40 bits per heavy atom. The number of piperidine rings is 1. The lowest BCUT2D eigenvalue weighted by atomic mass is 9.98. The van der Waals surface area contributed by atoms with E-state index in [2.05, 4.69) is 0 Å². The second-order valence-corrected chi connectivity index (χ2v) is 5.07. The van der Waals surface area contributed by atoms with Gasteiger partial charge in [-0.2, -0.15) is 0 Å². The van der Waals surface area contributed by atoms with Crippen molar-refractivity contribution in [2.24, 2.45) is 5.92 Å². The Labute approximate surface area is 118 Å². The number of carboxylic acid groups (broad SMARTS) is 1. The first-order valence-corrected chi connectivity index (χ1v) is 6.77. The molecule has 1 aliphatic rings. The second kappa shape index (κ2) is 6.41. The van der Waals surface area contributed by atoms with Crippen LogP contribution in [0.3, 0.4) is 0 Å². The molecule has 1 atom stereocenters. The fourth-order valence-electron chi connectivity index (χ4n) is 2.35. The zero-order chi connectivity index (χ0) is 14.5. The topological polar surface area (TPSA) is 66.8 Å². The molecule has 5 nitrogen and oxygen atoms in total. The molecule has 1 aliphatic heterocycles. The Bertz CT molecular complexity index is 500. The van der Waals surface area contributed by atoms with E-state index in [9.17, 15) is 9.59 Å². The van der Waals surface area contributed by atoms with Gasteiger partial charge in [0.15, 0.2) is 6.61 Å². The summed E-state index contributed by atoms with van der Waals surface area (Å²) in [5.41, 5.74) is 0.974.